The van der Waals surface area contributed by atoms with Crippen LogP contribution in [0.3, 0.4) is 0 Å². The van der Waals surface area contributed by atoms with Gasteiger partial charge in [0.2, 0.25) is 0 Å². The molecule has 3 amide bonds. The summed E-state index contributed by atoms with van der Waals surface area (Å²) in [6.07, 6.45) is 4.06. The Bertz CT molecular complexity index is 2150. The van der Waals surface area contributed by atoms with Gasteiger partial charge in [0.25, 0.3) is 5.91 Å². The summed E-state index contributed by atoms with van der Waals surface area (Å²) < 4.78 is 17.5. The summed E-state index contributed by atoms with van der Waals surface area (Å²) >= 11 is 0. The number of hydrogen-bond acceptors (Lipinski definition) is 10. The Morgan fingerprint density at radius 1 is 0.800 bits per heavy atom. The van der Waals surface area contributed by atoms with Crippen LogP contribution in [-0.2, 0) is 10.3 Å². The lowest BCUT2D eigenvalue weighted by molar-refractivity contribution is 0.0949. The molecule has 13 nitrogen and oxygen atoms in total. The summed E-state index contributed by atoms with van der Waals surface area (Å²) in [6, 6.07) is 23.5. The highest BCUT2D eigenvalue weighted by Crippen LogP contribution is 2.39. The van der Waals surface area contributed by atoms with Crippen molar-refractivity contribution in [3.05, 3.63) is 96.2 Å². The minimum absolute atomic E-state index is 0.170. The Morgan fingerprint density at radius 3 is 2.27 bits per heavy atom. The van der Waals surface area contributed by atoms with Crippen molar-refractivity contribution in [2.75, 3.05) is 68.9 Å². The lowest BCUT2D eigenvalue weighted by Crippen LogP contribution is -2.33. The van der Waals surface area contributed by atoms with Crippen LogP contribution in [0.15, 0.2) is 85.1 Å². The summed E-state index contributed by atoms with van der Waals surface area (Å²) in [5.74, 6) is 2.45. The Morgan fingerprint density at radius 2 is 1.55 bits per heavy atom. The summed E-state index contributed by atoms with van der Waals surface area (Å²) in [6.45, 7) is 9.83. The molecule has 0 saturated carbocycles. The van der Waals surface area contributed by atoms with Gasteiger partial charge >= 0.3 is 6.03 Å². The Hall–Kier alpha value is -6.05. The van der Waals surface area contributed by atoms with Crippen LogP contribution < -0.4 is 41.0 Å². The van der Waals surface area contributed by atoms with E-state index in [-0.39, 0.29) is 11.3 Å². The zero-order chi connectivity index (χ0) is 39.0. The molecule has 1 fully saturated rings. The largest absolute Gasteiger partial charge is 0.497 e. The minimum atomic E-state index is -0.448. The number of nitrogens with one attached hydrogen (secondary N) is 5. The highest BCUT2D eigenvalue weighted by molar-refractivity contribution is 6.08. The number of likely N-dealkylation sites (tertiary alicyclic amines) is 1. The quantitative estimate of drug-likeness (QED) is 0.0701. The van der Waals surface area contributed by atoms with Crippen molar-refractivity contribution in [2.24, 2.45) is 0 Å². The van der Waals surface area contributed by atoms with Crippen molar-refractivity contribution in [2.45, 2.75) is 39.0 Å². The second-order valence-electron chi connectivity index (χ2n) is 14.3. The number of aromatic nitrogens is 1. The van der Waals surface area contributed by atoms with Crippen molar-refractivity contribution in [3.63, 3.8) is 0 Å². The van der Waals surface area contributed by atoms with Gasteiger partial charge in [0.05, 0.1) is 32.7 Å². The first kappa shape index (κ1) is 38.7. The van der Waals surface area contributed by atoms with Crippen LogP contribution in [0.4, 0.5) is 33.4 Å². The van der Waals surface area contributed by atoms with Crippen LogP contribution in [0.1, 0.15) is 49.5 Å². The van der Waals surface area contributed by atoms with Gasteiger partial charge in [-0.05, 0) is 79.4 Å². The molecule has 0 spiro atoms. The number of methoxy groups -OCH3 is 2. The number of hydrogen-bond donors (Lipinski definition) is 5. The lowest BCUT2D eigenvalue weighted by Gasteiger charge is -2.24. The third-order valence-electron chi connectivity index (χ3n) is 9.30. The van der Waals surface area contributed by atoms with Crippen LogP contribution in [0.25, 0.3) is 10.8 Å². The first-order chi connectivity index (χ1) is 26.5. The van der Waals surface area contributed by atoms with E-state index < -0.39 is 6.03 Å². The van der Waals surface area contributed by atoms with Crippen LogP contribution >= 0.6 is 0 Å². The van der Waals surface area contributed by atoms with Crippen molar-refractivity contribution in [3.8, 4) is 23.0 Å². The number of ether oxygens (including phenoxy) is 3. The summed E-state index contributed by atoms with van der Waals surface area (Å²) in [4.78, 5) is 38.5. The maximum absolute atomic E-state index is 13.5. The molecular weight excluding hydrogens is 699 g/mol. The minimum Gasteiger partial charge on any atom is -0.497 e. The van der Waals surface area contributed by atoms with Gasteiger partial charge in [0, 0.05) is 53.4 Å². The molecule has 0 aliphatic carbocycles. The summed E-state index contributed by atoms with van der Waals surface area (Å²) in [5, 5.41) is 13.8. The molecular formula is C42H49N7O6. The van der Waals surface area contributed by atoms with Crippen molar-refractivity contribution in [1.82, 2.24) is 15.2 Å². The zero-order valence-corrected chi connectivity index (χ0v) is 32.2. The number of nitrogens with zero attached hydrogens (tertiary/aromatic N) is 2. The highest BCUT2D eigenvalue weighted by Gasteiger charge is 2.22. The summed E-state index contributed by atoms with van der Waals surface area (Å²) in [5.41, 5.74) is 6.41. The van der Waals surface area contributed by atoms with Crippen molar-refractivity contribution >= 4 is 51.3 Å². The standard InChI is InChI=1S/C42H49N7O6/c1-42(2,3)28-23-35(39(53-5)36(24-28)48-54-6)47-41(51)46-34-13-14-37(33-12-8-7-11-32(33)34)55-30-15-16-43-38(26-30)45-29-21-27(22-31(25-29)52-4)40(50)44-17-20-49-18-9-10-19-49/h7-8,11-16,21-26,48H,9-10,17-20H2,1-6H3,(H,43,45)(H,44,50)(H2,46,47,51). The first-order valence-electron chi connectivity index (χ1n) is 18.3. The average molecular weight is 748 g/mol. The molecule has 288 valence electrons. The molecule has 4 aromatic carbocycles. The molecule has 55 heavy (non-hydrogen) atoms. The number of fused-ring (bicyclic) bond motifs is 1. The Kier molecular flexibility index (Phi) is 12.2. The predicted molar refractivity (Wildman–Crippen MR) is 218 cm³/mol. The SMILES string of the molecule is CONc1cc(C(C)(C)C)cc(NC(=O)Nc2ccc(Oc3ccnc(Nc4cc(OC)cc(C(=O)NCCN5CCCC5)c4)c3)c3ccccc23)c1OC. The van der Waals surface area contributed by atoms with Crippen molar-refractivity contribution in [1.29, 1.82) is 0 Å². The summed E-state index contributed by atoms with van der Waals surface area (Å²) in [7, 11) is 4.62. The monoisotopic (exact) mass is 747 g/mol. The van der Waals surface area contributed by atoms with E-state index >= 15 is 0 Å². The molecule has 1 aliphatic rings. The number of amides is 3. The van der Waals surface area contributed by atoms with Gasteiger partial charge in [0.1, 0.15) is 28.8 Å². The number of urea groups is 1. The third kappa shape index (κ3) is 9.74. The van der Waals surface area contributed by atoms with E-state index in [1.807, 2.05) is 42.5 Å². The van der Waals surface area contributed by atoms with Gasteiger partial charge in [-0.3, -0.25) is 15.1 Å². The topological polar surface area (TPSA) is 147 Å². The molecule has 1 aliphatic heterocycles. The third-order valence-corrected chi connectivity index (χ3v) is 9.30. The molecule has 6 rings (SSSR count). The number of anilines is 5. The van der Waals surface area contributed by atoms with Crippen LogP contribution in [-0.4, -0.2) is 69.3 Å². The van der Waals surface area contributed by atoms with Gasteiger partial charge in [-0.1, -0.05) is 45.0 Å². The van der Waals surface area contributed by atoms with Gasteiger partial charge in [-0.2, -0.15) is 0 Å². The number of rotatable bonds is 14. The normalized spacial score (nSPS) is 12.9. The molecule has 5 N–H and O–H groups in total. The Balaban J connectivity index is 1.17. The van der Waals surface area contributed by atoms with E-state index in [0.29, 0.717) is 63.7 Å². The van der Waals surface area contributed by atoms with E-state index in [9.17, 15) is 9.59 Å². The lowest BCUT2D eigenvalue weighted by atomic mass is 9.86. The second-order valence-corrected chi connectivity index (χ2v) is 14.3. The highest BCUT2D eigenvalue weighted by atomic mass is 16.6. The molecule has 1 aromatic heterocycles. The van der Waals surface area contributed by atoms with Crippen LogP contribution in [0.5, 0.6) is 23.0 Å². The number of carbonyl (C=O) groups excluding carboxylic acids is 2. The van der Waals surface area contributed by atoms with Crippen molar-refractivity contribution < 1.29 is 28.6 Å². The average Bonchev–Trinajstić information content (AvgIpc) is 3.69. The zero-order valence-electron chi connectivity index (χ0n) is 32.2. The first-order valence-corrected chi connectivity index (χ1v) is 18.3. The van der Waals surface area contributed by atoms with E-state index in [4.69, 9.17) is 19.0 Å². The molecule has 5 aromatic rings. The molecule has 2 heterocycles. The molecule has 0 unspecified atom stereocenters. The Labute approximate surface area is 321 Å². The number of pyridine rings is 1. The van der Waals surface area contributed by atoms with Crippen LogP contribution in [0.2, 0.25) is 0 Å². The van der Waals surface area contributed by atoms with E-state index in [1.54, 1.807) is 49.7 Å². The van der Waals surface area contributed by atoms with Gasteiger partial charge in [-0.15, -0.1) is 0 Å². The van der Waals surface area contributed by atoms with E-state index in [2.05, 4.69) is 57.4 Å². The maximum Gasteiger partial charge on any atom is 0.323 e. The fourth-order valence-electron chi connectivity index (χ4n) is 6.48. The van der Waals surface area contributed by atoms with Gasteiger partial charge in [-0.25, -0.2) is 9.78 Å². The van der Waals surface area contributed by atoms with Gasteiger partial charge in [0.15, 0.2) is 5.75 Å². The fraction of sp³-hybridized carbons (Fsp3) is 0.310. The number of carbonyl (C=O) groups is 2. The molecule has 0 radical (unpaired) electrons. The maximum atomic E-state index is 13.5. The molecule has 1 saturated heterocycles. The second kappa shape index (κ2) is 17.4. The van der Waals surface area contributed by atoms with E-state index in [1.165, 1.54) is 27.1 Å². The van der Waals surface area contributed by atoms with Crippen LogP contribution in [0, 0.1) is 0 Å². The molecule has 0 bridgehead atoms. The van der Waals surface area contributed by atoms with Gasteiger partial charge < -0.3 is 40.4 Å². The molecule has 13 heteroatoms. The number of benzene rings is 4. The van der Waals surface area contributed by atoms with E-state index in [0.717, 1.165) is 36.0 Å². The smallest absolute Gasteiger partial charge is 0.323 e. The fourth-order valence-corrected chi connectivity index (χ4v) is 6.48. The molecule has 0 atom stereocenters. The predicted octanol–water partition coefficient (Wildman–Crippen LogP) is 8.53.